The number of ether oxygens (including phenoxy) is 1. The van der Waals surface area contributed by atoms with Crippen molar-refractivity contribution in [2.75, 3.05) is 7.11 Å². The number of aliphatic carboxylic acids is 1. The topological polar surface area (TPSA) is 75.6 Å². The van der Waals surface area contributed by atoms with Gasteiger partial charge in [-0.1, -0.05) is 12.1 Å². The second kappa shape index (κ2) is 6.41. The van der Waals surface area contributed by atoms with Crippen molar-refractivity contribution in [3.8, 4) is 5.75 Å². The van der Waals surface area contributed by atoms with Crippen molar-refractivity contribution < 1.29 is 19.4 Å². The van der Waals surface area contributed by atoms with Gasteiger partial charge in [-0.3, -0.25) is 9.59 Å². The third-order valence-electron chi connectivity index (χ3n) is 3.15. The predicted octanol–water partition coefficient (Wildman–Crippen LogP) is 2.37. The summed E-state index contributed by atoms with van der Waals surface area (Å²) < 4.78 is 5.13. The predicted molar refractivity (Wildman–Crippen MR) is 75.6 cm³/mol. The molecule has 20 heavy (non-hydrogen) atoms. The zero-order valence-corrected chi connectivity index (χ0v) is 12.3. The van der Waals surface area contributed by atoms with Gasteiger partial charge in [-0.15, -0.1) is 0 Å². The number of carbonyl (C=O) groups is 2. The maximum absolute atomic E-state index is 11.9. The van der Waals surface area contributed by atoms with Gasteiger partial charge in [-0.2, -0.15) is 0 Å². The number of hydrogen-bond acceptors (Lipinski definition) is 3. The van der Waals surface area contributed by atoms with Crippen LogP contribution < -0.4 is 10.1 Å². The first-order chi connectivity index (χ1) is 9.26. The number of carbonyl (C=O) groups excluding carboxylic acids is 1. The molecule has 1 amide bonds. The van der Waals surface area contributed by atoms with E-state index in [9.17, 15) is 9.59 Å². The lowest BCUT2D eigenvalue weighted by molar-refractivity contribution is -0.149. The Morgan fingerprint density at radius 2 is 2.05 bits per heavy atom. The first-order valence-corrected chi connectivity index (χ1v) is 6.43. The van der Waals surface area contributed by atoms with Crippen LogP contribution in [0.25, 0.3) is 0 Å². The minimum atomic E-state index is -1.07. The Morgan fingerprint density at radius 3 is 2.60 bits per heavy atom. The molecule has 110 valence electrons. The summed E-state index contributed by atoms with van der Waals surface area (Å²) in [5, 5.41) is 11.8. The van der Waals surface area contributed by atoms with E-state index in [1.807, 2.05) is 31.2 Å². The summed E-state index contributed by atoms with van der Waals surface area (Å²) in [5.41, 5.74) is -0.163. The lowest BCUT2D eigenvalue weighted by Gasteiger charge is -2.21. The quantitative estimate of drug-likeness (QED) is 0.838. The standard InChI is InChI=1S/C15H21NO4/c1-10(11-6-5-7-12(8-11)20-4)16-13(17)9-15(2,3)14(18)19/h5-8,10H,9H2,1-4H3,(H,16,17)(H,18,19)/t10-/m0/s1. The molecule has 1 aromatic rings. The average Bonchev–Trinajstić information content (AvgIpc) is 2.37. The lowest BCUT2D eigenvalue weighted by atomic mass is 9.89. The SMILES string of the molecule is COc1cccc([C@H](C)NC(=O)CC(C)(C)C(=O)O)c1. The number of hydrogen-bond donors (Lipinski definition) is 2. The number of amides is 1. The second-order valence-electron chi connectivity index (χ2n) is 5.43. The van der Waals surface area contributed by atoms with Crippen LogP contribution in [0.3, 0.4) is 0 Å². The smallest absolute Gasteiger partial charge is 0.309 e. The molecule has 5 nitrogen and oxygen atoms in total. The van der Waals surface area contributed by atoms with E-state index >= 15 is 0 Å². The van der Waals surface area contributed by atoms with E-state index in [1.54, 1.807) is 7.11 Å². The molecule has 0 saturated heterocycles. The summed E-state index contributed by atoms with van der Waals surface area (Å²) in [6.45, 7) is 4.91. The Balaban J connectivity index is 2.68. The Hall–Kier alpha value is -2.04. The number of rotatable bonds is 6. The van der Waals surface area contributed by atoms with Gasteiger partial charge in [0.25, 0.3) is 0 Å². The highest BCUT2D eigenvalue weighted by molar-refractivity contribution is 5.84. The summed E-state index contributed by atoms with van der Waals surface area (Å²) in [5.74, 6) is -0.552. The van der Waals surface area contributed by atoms with Crippen LogP contribution in [-0.4, -0.2) is 24.1 Å². The van der Waals surface area contributed by atoms with Crippen molar-refractivity contribution in [2.24, 2.45) is 5.41 Å². The summed E-state index contributed by atoms with van der Waals surface area (Å²) in [7, 11) is 1.58. The van der Waals surface area contributed by atoms with Crippen molar-refractivity contribution in [3.63, 3.8) is 0 Å². The highest BCUT2D eigenvalue weighted by Gasteiger charge is 2.30. The van der Waals surface area contributed by atoms with Crippen molar-refractivity contribution in [1.82, 2.24) is 5.32 Å². The van der Waals surface area contributed by atoms with Gasteiger partial charge in [0.1, 0.15) is 5.75 Å². The summed E-state index contributed by atoms with van der Waals surface area (Å²) >= 11 is 0. The van der Waals surface area contributed by atoms with Crippen LogP contribution in [-0.2, 0) is 9.59 Å². The van der Waals surface area contributed by atoms with E-state index in [2.05, 4.69) is 5.32 Å². The maximum Gasteiger partial charge on any atom is 0.309 e. The Labute approximate surface area is 118 Å². The summed E-state index contributed by atoms with van der Waals surface area (Å²) in [6.07, 6.45) is -0.0589. The normalized spacial score (nSPS) is 12.6. The molecule has 0 saturated carbocycles. The molecule has 1 rings (SSSR count). The molecule has 0 bridgehead atoms. The Kier molecular flexibility index (Phi) is 5.13. The maximum atomic E-state index is 11.9. The molecule has 0 aliphatic rings. The van der Waals surface area contributed by atoms with Gasteiger partial charge in [-0.05, 0) is 38.5 Å². The molecule has 2 N–H and O–H groups in total. The number of carboxylic acids is 1. The number of benzene rings is 1. The van der Waals surface area contributed by atoms with Crippen molar-refractivity contribution in [2.45, 2.75) is 33.2 Å². The summed E-state index contributed by atoms with van der Waals surface area (Å²) in [4.78, 5) is 22.9. The van der Waals surface area contributed by atoms with E-state index in [0.717, 1.165) is 11.3 Å². The minimum Gasteiger partial charge on any atom is -0.497 e. The van der Waals surface area contributed by atoms with Gasteiger partial charge in [0, 0.05) is 6.42 Å². The van der Waals surface area contributed by atoms with Crippen LogP contribution in [0.2, 0.25) is 0 Å². The largest absolute Gasteiger partial charge is 0.497 e. The van der Waals surface area contributed by atoms with Gasteiger partial charge >= 0.3 is 5.97 Å². The van der Waals surface area contributed by atoms with Crippen molar-refractivity contribution in [3.05, 3.63) is 29.8 Å². The van der Waals surface area contributed by atoms with Gasteiger partial charge in [-0.25, -0.2) is 0 Å². The average molecular weight is 279 g/mol. The van der Waals surface area contributed by atoms with Crippen LogP contribution in [0.15, 0.2) is 24.3 Å². The molecule has 0 unspecified atom stereocenters. The molecule has 0 aromatic heterocycles. The third-order valence-corrected chi connectivity index (χ3v) is 3.15. The summed E-state index contributed by atoms with van der Waals surface area (Å²) in [6, 6.07) is 7.19. The van der Waals surface area contributed by atoms with Crippen LogP contribution in [0.5, 0.6) is 5.75 Å². The fraction of sp³-hybridized carbons (Fsp3) is 0.467. The number of methoxy groups -OCH3 is 1. The van der Waals surface area contributed by atoms with Gasteiger partial charge in [0.15, 0.2) is 0 Å². The van der Waals surface area contributed by atoms with E-state index < -0.39 is 11.4 Å². The third kappa shape index (κ3) is 4.26. The van der Waals surface area contributed by atoms with E-state index in [1.165, 1.54) is 13.8 Å². The molecule has 0 aliphatic heterocycles. The number of nitrogens with one attached hydrogen (secondary N) is 1. The first kappa shape index (κ1) is 16.0. The van der Waals surface area contributed by atoms with Crippen LogP contribution >= 0.6 is 0 Å². The lowest BCUT2D eigenvalue weighted by Crippen LogP contribution is -2.34. The minimum absolute atomic E-state index is 0.0589. The van der Waals surface area contributed by atoms with Crippen molar-refractivity contribution >= 4 is 11.9 Å². The van der Waals surface area contributed by atoms with Crippen LogP contribution in [0.4, 0.5) is 0 Å². The van der Waals surface area contributed by atoms with E-state index in [4.69, 9.17) is 9.84 Å². The van der Waals surface area contributed by atoms with Crippen molar-refractivity contribution in [1.29, 1.82) is 0 Å². The Morgan fingerprint density at radius 1 is 1.40 bits per heavy atom. The first-order valence-electron chi connectivity index (χ1n) is 6.43. The molecule has 5 heteroatoms. The van der Waals surface area contributed by atoms with Gasteiger partial charge in [0.2, 0.25) is 5.91 Å². The fourth-order valence-corrected chi connectivity index (χ4v) is 1.76. The molecular formula is C15H21NO4. The fourth-order valence-electron chi connectivity index (χ4n) is 1.76. The molecule has 0 spiro atoms. The Bertz CT molecular complexity index is 496. The molecular weight excluding hydrogens is 258 g/mol. The highest BCUT2D eigenvalue weighted by Crippen LogP contribution is 2.22. The van der Waals surface area contributed by atoms with Crippen LogP contribution in [0, 0.1) is 5.41 Å². The molecule has 1 atom stereocenters. The zero-order valence-electron chi connectivity index (χ0n) is 12.3. The molecule has 1 aromatic carbocycles. The monoisotopic (exact) mass is 279 g/mol. The highest BCUT2D eigenvalue weighted by atomic mass is 16.5. The van der Waals surface area contributed by atoms with Gasteiger partial charge < -0.3 is 15.2 Å². The molecule has 0 aliphatic carbocycles. The van der Waals surface area contributed by atoms with Crippen LogP contribution in [0.1, 0.15) is 38.8 Å². The second-order valence-corrected chi connectivity index (χ2v) is 5.43. The zero-order chi connectivity index (χ0) is 15.3. The molecule has 0 fully saturated rings. The van der Waals surface area contributed by atoms with E-state index in [0.29, 0.717) is 0 Å². The molecule has 0 heterocycles. The molecule has 0 radical (unpaired) electrons. The van der Waals surface area contributed by atoms with E-state index in [-0.39, 0.29) is 18.4 Å². The van der Waals surface area contributed by atoms with Gasteiger partial charge in [0.05, 0.1) is 18.6 Å². The number of carboxylic acid groups (broad SMARTS) is 1.